The third-order valence-corrected chi connectivity index (χ3v) is 4.45. The lowest BCUT2D eigenvalue weighted by atomic mass is 10.2. The zero-order valence-electron chi connectivity index (χ0n) is 13.1. The molecule has 0 saturated heterocycles. The van der Waals surface area contributed by atoms with Gasteiger partial charge in [-0.1, -0.05) is 64.2 Å². The van der Waals surface area contributed by atoms with Crippen LogP contribution in [0.15, 0.2) is 59.1 Å². The molecule has 0 aliphatic carbocycles. The molecule has 3 nitrogen and oxygen atoms in total. The highest BCUT2D eigenvalue weighted by molar-refractivity contribution is 9.10. The lowest BCUT2D eigenvalue weighted by Gasteiger charge is -2.02. The van der Waals surface area contributed by atoms with Crippen LogP contribution in [-0.2, 0) is 10.5 Å². The maximum Gasteiger partial charge on any atom is 0.230 e. The molecule has 2 aromatic carbocycles. The number of benzene rings is 2. The summed E-state index contributed by atoms with van der Waals surface area (Å²) >= 11 is 4.97. The molecule has 0 radical (unpaired) electrons. The fourth-order valence-corrected chi connectivity index (χ4v) is 3.02. The van der Waals surface area contributed by atoms with Crippen LogP contribution in [0, 0.1) is 11.8 Å². The summed E-state index contributed by atoms with van der Waals surface area (Å²) in [5, 5.41) is 2.78. The molecule has 0 aromatic heterocycles. The van der Waals surface area contributed by atoms with E-state index in [4.69, 9.17) is 4.74 Å². The van der Waals surface area contributed by atoms with Gasteiger partial charge in [-0.25, -0.2) is 0 Å². The van der Waals surface area contributed by atoms with Gasteiger partial charge in [0.1, 0.15) is 12.4 Å². The van der Waals surface area contributed by atoms with Crippen molar-refractivity contribution < 1.29 is 9.53 Å². The lowest BCUT2D eigenvalue weighted by molar-refractivity contribution is -0.118. The van der Waals surface area contributed by atoms with Gasteiger partial charge in [0.15, 0.2) is 0 Å². The van der Waals surface area contributed by atoms with Crippen LogP contribution < -0.4 is 10.1 Å². The number of hydrogen-bond donors (Lipinski definition) is 1. The molecule has 0 spiro atoms. The van der Waals surface area contributed by atoms with Crippen LogP contribution in [0.25, 0.3) is 0 Å². The fourth-order valence-electron chi connectivity index (χ4n) is 1.82. The number of hydrogen-bond acceptors (Lipinski definition) is 3. The molecule has 0 heterocycles. The van der Waals surface area contributed by atoms with Crippen molar-refractivity contribution in [2.24, 2.45) is 0 Å². The Morgan fingerprint density at radius 2 is 1.96 bits per heavy atom. The summed E-state index contributed by atoms with van der Waals surface area (Å²) in [6.45, 7) is 0.641. The molecule has 0 aliphatic rings. The van der Waals surface area contributed by atoms with Crippen molar-refractivity contribution in [3.8, 4) is 17.6 Å². The molecule has 0 unspecified atom stereocenters. The van der Waals surface area contributed by atoms with Crippen LogP contribution in [0.1, 0.15) is 5.56 Å². The fraction of sp³-hybridized carbons (Fsp3) is 0.211. The molecule has 0 atom stereocenters. The van der Waals surface area contributed by atoms with E-state index in [1.807, 2.05) is 42.5 Å². The SMILES string of the molecule is O=C(CSCc1ccccc1)NCC#CCOc1cccc(Br)c1. The van der Waals surface area contributed by atoms with Crippen LogP contribution in [0.5, 0.6) is 5.75 Å². The summed E-state index contributed by atoms with van der Waals surface area (Å²) < 4.78 is 6.45. The first-order valence-electron chi connectivity index (χ1n) is 7.46. The Balaban J connectivity index is 1.56. The van der Waals surface area contributed by atoms with Gasteiger partial charge in [-0.15, -0.1) is 11.8 Å². The Kier molecular flexibility index (Phi) is 8.29. The highest BCUT2D eigenvalue weighted by atomic mass is 79.9. The van der Waals surface area contributed by atoms with Crippen LogP contribution in [-0.4, -0.2) is 24.8 Å². The van der Waals surface area contributed by atoms with Gasteiger partial charge in [0.25, 0.3) is 0 Å². The quantitative estimate of drug-likeness (QED) is 0.712. The van der Waals surface area contributed by atoms with E-state index >= 15 is 0 Å². The van der Waals surface area contributed by atoms with Crippen LogP contribution in [0.3, 0.4) is 0 Å². The minimum atomic E-state index is -0.00172. The predicted molar refractivity (Wildman–Crippen MR) is 103 cm³/mol. The molecule has 124 valence electrons. The topological polar surface area (TPSA) is 38.3 Å². The summed E-state index contributed by atoms with van der Waals surface area (Å²) in [6, 6.07) is 17.7. The predicted octanol–water partition coefficient (Wildman–Crippen LogP) is 3.88. The molecule has 0 aliphatic heterocycles. The van der Waals surface area contributed by atoms with Crippen molar-refractivity contribution >= 4 is 33.6 Å². The Morgan fingerprint density at radius 1 is 1.12 bits per heavy atom. The Labute approximate surface area is 155 Å². The van der Waals surface area contributed by atoms with Crippen molar-refractivity contribution in [1.82, 2.24) is 5.32 Å². The van der Waals surface area contributed by atoms with Crippen molar-refractivity contribution in [2.75, 3.05) is 18.9 Å². The zero-order valence-corrected chi connectivity index (χ0v) is 15.5. The number of thioether (sulfide) groups is 1. The normalized spacial score (nSPS) is 9.71. The first-order chi connectivity index (χ1) is 11.7. The van der Waals surface area contributed by atoms with Gasteiger partial charge >= 0.3 is 0 Å². The van der Waals surface area contributed by atoms with Crippen molar-refractivity contribution in [1.29, 1.82) is 0 Å². The molecule has 0 bridgehead atoms. The van der Waals surface area contributed by atoms with Gasteiger partial charge in [-0.3, -0.25) is 4.79 Å². The average molecular weight is 404 g/mol. The van der Waals surface area contributed by atoms with Crippen molar-refractivity contribution in [2.45, 2.75) is 5.75 Å². The van der Waals surface area contributed by atoms with Gasteiger partial charge in [-0.2, -0.15) is 0 Å². The maximum atomic E-state index is 11.7. The van der Waals surface area contributed by atoms with Crippen LogP contribution >= 0.6 is 27.7 Å². The van der Waals surface area contributed by atoms with Crippen LogP contribution in [0.2, 0.25) is 0 Å². The second-order valence-electron chi connectivity index (χ2n) is 4.85. The second kappa shape index (κ2) is 10.8. The van der Waals surface area contributed by atoms with Gasteiger partial charge in [0.05, 0.1) is 12.3 Å². The van der Waals surface area contributed by atoms with E-state index < -0.39 is 0 Å². The summed E-state index contributed by atoms with van der Waals surface area (Å²) in [4.78, 5) is 11.7. The number of carbonyl (C=O) groups is 1. The first kappa shape index (κ1) is 18.4. The maximum absolute atomic E-state index is 11.7. The minimum Gasteiger partial charge on any atom is -0.481 e. The van der Waals surface area contributed by atoms with Gasteiger partial charge in [-0.05, 0) is 23.8 Å². The summed E-state index contributed by atoms with van der Waals surface area (Å²) in [5.41, 5.74) is 1.22. The minimum absolute atomic E-state index is 0.00172. The number of rotatable bonds is 7. The van der Waals surface area contributed by atoms with Gasteiger partial charge in [0.2, 0.25) is 5.91 Å². The summed E-state index contributed by atoms with van der Waals surface area (Å²) in [7, 11) is 0. The zero-order chi connectivity index (χ0) is 17.0. The van der Waals surface area contributed by atoms with Gasteiger partial charge in [0, 0.05) is 10.2 Å². The van der Waals surface area contributed by atoms with E-state index in [9.17, 15) is 4.79 Å². The monoisotopic (exact) mass is 403 g/mol. The molecule has 5 heteroatoms. The van der Waals surface area contributed by atoms with Crippen molar-refractivity contribution in [3.05, 3.63) is 64.6 Å². The largest absolute Gasteiger partial charge is 0.481 e. The van der Waals surface area contributed by atoms with E-state index in [2.05, 4.69) is 45.2 Å². The Morgan fingerprint density at radius 3 is 2.75 bits per heavy atom. The molecular weight excluding hydrogens is 386 g/mol. The highest BCUT2D eigenvalue weighted by Gasteiger charge is 2.00. The summed E-state index contributed by atoms with van der Waals surface area (Å²) in [6.07, 6.45) is 0. The first-order valence-corrected chi connectivity index (χ1v) is 9.41. The van der Waals surface area contributed by atoms with E-state index in [1.54, 1.807) is 11.8 Å². The number of carbonyl (C=O) groups excluding carboxylic acids is 1. The number of ether oxygens (including phenoxy) is 1. The molecule has 1 amide bonds. The molecule has 2 aromatic rings. The standard InChI is InChI=1S/C19H18BrNO2S/c20-17-9-6-10-18(13-17)23-12-5-4-11-21-19(22)15-24-14-16-7-2-1-3-8-16/h1-3,6-10,13H,11-12,14-15H2,(H,21,22). The smallest absolute Gasteiger partial charge is 0.230 e. The third-order valence-electron chi connectivity index (χ3n) is 2.95. The number of nitrogens with one attached hydrogen (secondary N) is 1. The van der Waals surface area contributed by atoms with E-state index in [-0.39, 0.29) is 5.91 Å². The molecular formula is C19H18BrNO2S. The Bertz CT molecular complexity index is 710. The number of amides is 1. The van der Waals surface area contributed by atoms with Crippen LogP contribution in [0.4, 0.5) is 0 Å². The van der Waals surface area contributed by atoms with E-state index in [0.29, 0.717) is 18.9 Å². The number of halogens is 1. The third kappa shape index (κ3) is 7.58. The average Bonchev–Trinajstić information content (AvgIpc) is 2.59. The van der Waals surface area contributed by atoms with E-state index in [1.165, 1.54) is 5.56 Å². The molecule has 0 saturated carbocycles. The summed E-state index contributed by atoms with van der Waals surface area (Å²) in [5.74, 6) is 7.79. The molecule has 0 fully saturated rings. The van der Waals surface area contributed by atoms with E-state index in [0.717, 1.165) is 16.0 Å². The molecule has 1 N–H and O–H groups in total. The lowest BCUT2D eigenvalue weighted by Crippen LogP contribution is -2.25. The second-order valence-corrected chi connectivity index (χ2v) is 6.76. The van der Waals surface area contributed by atoms with Crippen molar-refractivity contribution in [3.63, 3.8) is 0 Å². The molecule has 24 heavy (non-hydrogen) atoms. The Hall–Kier alpha value is -1.90. The van der Waals surface area contributed by atoms with Gasteiger partial charge < -0.3 is 10.1 Å². The highest BCUT2D eigenvalue weighted by Crippen LogP contribution is 2.17. The molecule has 2 rings (SSSR count).